The average Bonchev–Trinajstić information content (AvgIpc) is 1.84. The van der Waals surface area contributed by atoms with Gasteiger partial charge in [-0.25, -0.2) is 8.78 Å². The van der Waals surface area contributed by atoms with Crippen molar-refractivity contribution < 1.29 is 8.78 Å². The Bertz CT molecular complexity index is 109. The lowest BCUT2D eigenvalue weighted by molar-refractivity contribution is -0.0274. The van der Waals surface area contributed by atoms with Crippen LogP contribution in [0.3, 0.4) is 0 Å². The van der Waals surface area contributed by atoms with Gasteiger partial charge in [-0.15, -0.1) is 0 Å². The number of hydrogen-bond acceptors (Lipinski definition) is 0. The van der Waals surface area contributed by atoms with Crippen molar-refractivity contribution in [2.24, 2.45) is 5.41 Å². The molecule has 0 saturated heterocycles. The van der Waals surface area contributed by atoms with Gasteiger partial charge >= 0.3 is 0 Å². The molecule has 0 spiro atoms. The Labute approximate surface area is 68.0 Å². The van der Waals surface area contributed by atoms with Crippen LogP contribution in [0.4, 0.5) is 8.78 Å². The zero-order chi connectivity index (χ0) is 9.12. The van der Waals surface area contributed by atoms with Gasteiger partial charge in [-0.1, -0.05) is 33.6 Å². The second-order valence-electron chi connectivity index (χ2n) is 3.76. The maximum Gasteiger partial charge on any atom is 0.245 e. The quantitative estimate of drug-likeness (QED) is 0.592. The normalized spacial score (nSPS) is 13.6. The average molecular weight is 164 g/mol. The van der Waals surface area contributed by atoms with E-state index in [9.17, 15) is 8.78 Å². The Hall–Kier alpha value is -0.140. The highest BCUT2D eigenvalue weighted by molar-refractivity contribution is 4.76. The van der Waals surface area contributed by atoms with Gasteiger partial charge < -0.3 is 0 Å². The monoisotopic (exact) mass is 164 g/mol. The molecule has 0 aromatic heterocycles. The van der Waals surface area contributed by atoms with Gasteiger partial charge in [-0.3, -0.25) is 0 Å². The Balaban J connectivity index is 4.08. The molecule has 0 nitrogen and oxygen atoms in total. The first kappa shape index (κ1) is 10.9. The highest BCUT2D eigenvalue weighted by Crippen LogP contribution is 2.37. The number of halogens is 2. The zero-order valence-electron chi connectivity index (χ0n) is 7.88. The Morgan fingerprint density at radius 1 is 1.00 bits per heavy atom. The summed E-state index contributed by atoms with van der Waals surface area (Å²) < 4.78 is 25.2. The van der Waals surface area contributed by atoms with E-state index in [1.807, 2.05) is 20.8 Å². The maximum absolute atomic E-state index is 12.6. The first-order valence-corrected chi connectivity index (χ1v) is 4.21. The standard InChI is InChI=1S/C9H18F2/c1-5-8(3,6-2)7-9(4,10)11/h5-7H2,1-4H3. The first-order valence-electron chi connectivity index (χ1n) is 4.21. The predicted octanol–water partition coefficient (Wildman–Crippen LogP) is 3.86. The highest BCUT2D eigenvalue weighted by atomic mass is 19.3. The third kappa shape index (κ3) is 4.33. The topological polar surface area (TPSA) is 0 Å². The molecule has 0 saturated carbocycles. The van der Waals surface area contributed by atoms with Crippen LogP contribution in [0.5, 0.6) is 0 Å². The summed E-state index contributed by atoms with van der Waals surface area (Å²) >= 11 is 0. The van der Waals surface area contributed by atoms with Crippen LogP contribution in [0.1, 0.15) is 47.0 Å². The second-order valence-corrected chi connectivity index (χ2v) is 3.76. The molecule has 0 unspecified atom stereocenters. The third-order valence-corrected chi connectivity index (χ3v) is 2.44. The highest BCUT2D eigenvalue weighted by Gasteiger charge is 2.32. The minimum Gasteiger partial charge on any atom is -0.207 e. The van der Waals surface area contributed by atoms with E-state index in [1.54, 1.807) is 0 Å². The molecule has 0 N–H and O–H groups in total. The van der Waals surface area contributed by atoms with Crippen LogP contribution in [0.15, 0.2) is 0 Å². The lowest BCUT2D eigenvalue weighted by Gasteiger charge is -2.29. The molecule has 0 rings (SSSR count). The van der Waals surface area contributed by atoms with Crippen LogP contribution < -0.4 is 0 Å². The first-order chi connectivity index (χ1) is 4.83. The Morgan fingerprint density at radius 3 is 1.45 bits per heavy atom. The molecule has 0 aromatic rings. The van der Waals surface area contributed by atoms with Crippen molar-refractivity contribution in [1.82, 2.24) is 0 Å². The van der Waals surface area contributed by atoms with E-state index in [4.69, 9.17) is 0 Å². The van der Waals surface area contributed by atoms with Gasteiger partial charge in [0.2, 0.25) is 5.92 Å². The molecule has 0 aliphatic carbocycles. The molecule has 11 heavy (non-hydrogen) atoms. The molecular formula is C9H18F2. The largest absolute Gasteiger partial charge is 0.245 e. The van der Waals surface area contributed by atoms with Gasteiger partial charge in [0.1, 0.15) is 0 Å². The van der Waals surface area contributed by atoms with E-state index < -0.39 is 5.92 Å². The van der Waals surface area contributed by atoms with Crippen molar-refractivity contribution >= 4 is 0 Å². The van der Waals surface area contributed by atoms with Crippen molar-refractivity contribution in [2.45, 2.75) is 52.9 Å². The molecule has 0 atom stereocenters. The van der Waals surface area contributed by atoms with Gasteiger partial charge in [0.25, 0.3) is 0 Å². The summed E-state index contributed by atoms with van der Waals surface area (Å²) in [6.45, 7) is 6.85. The number of rotatable bonds is 4. The summed E-state index contributed by atoms with van der Waals surface area (Å²) in [4.78, 5) is 0. The van der Waals surface area contributed by atoms with Crippen LogP contribution in [0.25, 0.3) is 0 Å². The van der Waals surface area contributed by atoms with Crippen LogP contribution in [-0.2, 0) is 0 Å². The lowest BCUT2D eigenvalue weighted by Crippen LogP contribution is -2.24. The summed E-state index contributed by atoms with van der Waals surface area (Å²) in [5.74, 6) is -2.51. The summed E-state index contributed by atoms with van der Waals surface area (Å²) in [5.41, 5.74) is -0.182. The fourth-order valence-corrected chi connectivity index (χ4v) is 1.25. The van der Waals surface area contributed by atoms with E-state index in [1.165, 1.54) is 0 Å². The van der Waals surface area contributed by atoms with Gasteiger partial charge in [0, 0.05) is 6.42 Å². The zero-order valence-corrected chi connectivity index (χ0v) is 7.88. The van der Waals surface area contributed by atoms with Gasteiger partial charge in [0.15, 0.2) is 0 Å². The lowest BCUT2D eigenvalue weighted by atomic mass is 9.79. The van der Waals surface area contributed by atoms with Crippen molar-refractivity contribution in [3.05, 3.63) is 0 Å². The molecule has 0 aliphatic heterocycles. The van der Waals surface area contributed by atoms with E-state index in [2.05, 4.69) is 0 Å². The fourth-order valence-electron chi connectivity index (χ4n) is 1.25. The third-order valence-electron chi connectivity index (χ3n) is 2.44. The molecule has 0 fully saturated rings. The van der Waals surface area contributed by atoms with Crippen LogP contribution in [-0.4, -0.2) is 5.92 Å². The Kier molecular flexibility index (Phi) is 3.46. The van der Waals surface area contributed by atoms with Crippen LogP contribution >= 0.6 is 0 Å². The number of alkyl halides is 2. The van der Waals surface area contributed by atoms with E-state index in [0.717, 1.165) is 19.8 Å². The Morgan fingerprint density at radius 2 is 1.36 bits per heavy atom. The molecule has 68 valence electrons. The fraction of sp³-hybridized carbons (Fsp3) is 1.00. The summed E-state index contributed by atoms with van der Waals surface area (Å²) in [5, 5.41) is 0. The van der Waals surface area contributed by atoms with Gasteiger partial charge in [0.05, 0.1) is 0 Å². The molecule has 0 aromatic carbocycles. The van der Waals surface area contributed by atoms with Crippen molar-refractivity contribution in [3.63, 3.8) is 0 Å². The summed E-state index contributed by atoms with van der Waals surface area (Å²) in [6, 6.07) is 0. The minimum absolute atomic E-state index is 0.00694. The van der Waals surface area contributed by atoms with E-state index in [0.29, 0.717) is 0 Å². The molecule has 0 aliphatic rings. The van der Waals surface area contributed by atoms with Crippen molar-refractivity contribution in [1.29, 1.82) is 0 Å². The SMILES string of the molecule is CCC(C)(CC)CC(C)(F)F. The summed E-state index contributed by atoms with van der Waals surface area (Å²) in [6.07, 6.45) is 1.66. The minimum atomic E-state index is -2.51. The number of hydrogen-bond donors (Lipinski definition) is 0. The van der Waals surface area contributed by atoms with Crippen molar-refractivity contribution in [3.8, 4) is 0 Å². The maximum atomic E-state index is 12.6. The smallest absolute Gasteiger partial charge is 0.207 e. The summed E-state index contributed by atoms with van der Waals surface area (Å²) in [7, 11) is 0. The molecular weight excluding hydrogens is 146 g/mol. The predicted molar refractivity (Wildman–Crippen MR) is 43.9 cm³/mol. The van der Waals surface area contributed by atoms with Crippen LogP contribution in [0, 0.1) is 5.41 Å². The van der Waals surface area contributed by atoms with Gasteiger partial charge in [-0.05, 0) is 12.3 Å². The second kappa shape index (κ2) is 3.51. The van der Waals surface area contributed by atoms with E-state index >= 15 is 0 Å². The van der Waals surface area contributed by atoms with Gasteiger partial charge in [-0.2, -0.15) is 0 Å². The molecule has 0 heterocycles. The molecule has 2 heteroatoms. The van der Waals surface area contributed by atoms with Crippen molar-refractivity contribution in [2.75, 3.05) is 0 Å². The molecule has 0 radical (unpaired) electrons. The van der Waals surface area contributed by atoms with Crippen LogP contribution in [0.2, 0.25) is 0 Å². The molecule has 0 amide bonds. The molecule has 0 bridgehead atoms. The van der Waals surface area contributed by atoms with E-state index in [-0.39, 0.29) is 11.8 Å².